The van der Waals surface area contributed by atoms with Gasteiger partial charge in [0.05, 0.1) is 6.54 Å². The molecule has 0 radical (unpaired) electrons. The Labute approximate surface area is 140 Å². The topological polar surface area (TPSA) is 63.6 Å². The fourth-order valence-corrected chi connectivity index (χ4v) is 3.11. The zero-order chi connectivity index (χ0) is 16.4. The maximum Gasteiger partial charge on any atom is 0.328 e. The van der Waals surface area contributed by atoms with Crippen LogP contribution in [-0.4, -0.2) is 25.3 Å². The summed E-state index contributed by atoms with van der Waals surface area (Å²) in [5.74, 6) is 0.553. The molecule has 0 aliphatic rings. The summed E-state index contributed by atoms with van der Waals surface area (Å²) in [4.78, 5) is 23.5. The first-order valence-electron chi connectivity index (χ1n) is 7.11. The summed E-state index contributed by atoms with van der Waals surface area (Å²) in [6.45, 7) is 2.35. The van der Waals surface area contributed by atoms with Crippen molar-refractivity contribution in [2.75, 3.05) is 5.75 Å². The van der Waals surface area contributed by atoms with E-state index >= 15 is 0 Å². The first kappa shape index (κ1) is 16.0. The van der Waals surface area contributed by atoms with E-state index in [4.69, 9.17) is 11.6 Å². The number of imidazole rings is 1. The molecule has 5 nitrogen and oxygen atoms in total. The van der Waals surface area contributed by atoms with Crippen molar-refractivity contribution in [2.24, 2.45) is 0 Å². The van der Waals surface area contributed by atoms with Crippen LogP contribution in [0.2, 0.25) is 5.15 Å². The van der Waals surface area contributed by atoms with E-state index in [2.05, 4.69) is 21.9 Å². The maximum atomic E-state index is 13.0. The minimum absolute atomic E-state index is 0.226. The Morgan fingerprint density at radius 1 is 1.30 bits per heavy atom. The van der Waals surface area contributed by atoms with Gasteiger partial charge in [-0.3, -0.25) is 4.57 Å². The Hall–Kier alpha value is -1.86. The van der Waals surface area contributed by atoms with E-state index in [9.17, 15) is 9.18 Å². The molecule has 0 atom stereocenters. The molecule has 0 amide bonds. The first-order chi connectivity index (χ1) is 11.1. The summed E-state index contributed by atoms with van der Waals surface area (Å²) in [6, 6.07) is 5.99. The molecule has 0 bridgehead atoms. The van der Waals surface area contributed by atoms with E-state index in [1.165, 1.54) is 28.5 Å². The standard InChI is InChI=1S/C15H14ClFN4OS/c1-2-7-23-14-19-12(16)11-13(20-14)21(15(22)18-11)8-9-3-5-10(17)6-4-9/h3-6H,2,7-8H2,1H3,(H,18,22). The second-order valence-electron chi connectivity index (χ2n) is 4.99. The van der Waals surface area contributed by atoms with Gasteiger partial charge in [-0.05, 0) is 24.1 Å². The third-order valence-corrected chi connectivity index (χ3v) is 4.57. The Morgan fingerprint density at radius 3 is 2.74 bits per heavy atom. The van der Waals surface area contributed by atoms with E-state index in [-0.39, 0.29) is 23.2 Å². The van der Waals surface area contributed by atoms with Crippen LogP contribution in [0.4, 0.5) is 4.39 Å². The third-order valence-electron chi connectivity index (χ3n) is 3.25. The number of aromatic nitrogens is 4. The van der Waals surface area contributed by atoms with E-state index < -0.39 is 0 Å². The number of thioether (sulfide) groups is 1. The number of halogens is 2. The molecule has 1 aromatic carbocycles. The number of H-pyrrole nitrogens is 1. The molecule has 2 heterocycles. The number of aromatic amines is 1. The van der Waals surface area contributed by atoms with Gasteiger partial charge in [0, 0.05) is 5.75 Å². The average Bonchev–Trinajstić information content (AvgIpc) is 2.84. The number of nitrogens with one attached hydrogen (secondary N) is 1. The highest BCUT2D eigenvalue weighted by molar-refractivity contribution is 7.99. The Morgan fingerprint density at radius 2 is 2.04 bits per heavy atom. The largest absolute Gasteiger partial charge is 0.328 e. The number of nitrogens with zero attached hydrogens (tertiary/aromatic N) is 3. The van der Waals surface area contributed by atoms with Gasteiger partial charge in [0.1, 0.15) is 11.3 Å². The lowest BCUT2D eigenvalue weighted by molar-refractivity contribution is 0.626. The molecular formula is C15H14ClFN4OS. The number of hydrogen-bond acceptors (Lipinski definition) is 4. The highest BCUT2D eigenvalue weighted by Gasteiger charge is 2.14. The van der Waals surface area contributed by atoms with Crippen molar-refractivity contribution in [3.63, 3.8) is 0 Å². The third kappa shape index (κ3) is 3.40. The Bertz CT molecular complexity index is 891. The molecule has 0 unspecified atom stereocenters. The predicted octanol–water partition coefficient (Wildman–Crippen LogP) is 3.46. The lowest BCUT2D eigenvalue weighted by Crippen LogP contribution is -2.17. The van der Waals surface area contributed by atoms with Gasteiger partial charge in [-0.2, -0.15) is 0 Å². The first-order valence-corrected chi connectivity index (χ1v) is 8.48. The summed E-state index contributed by atoms with van der Waals surface area (Å²) < 4.78 is 14.5. The molecule has 0 saturated carbocycles. The van der Waals surface area contributed by atoms with Crippen LogP contribution in [-0.2, 0) is 6.54 Å². The molecule has 0 spiro atoms. The second-order valence-corrected chi connectivity index (χ2v) is 6.41. The van der Waals surface area contributed by atoms with E-state index in [0.717, 1.165) is 17.7 Å². The number of benzene rings is 1. The van der Waals surface area contributed by atoms with Crippen molar-refractivity contribution in [3.05, 3.63) is 51.3 Å². The molecule has 1 N–H and O–H groups in total. The number of fused-ring (bicyclic) bond motifs is 1. The minimum Gasteiger partial charge on any atom is -0.302 e. The van der Waals surface area contributed by atoms with E-state index in [1.807, 2.05) is 0 Å². The highest BCUT2D eigenvalue weighted by Crippen LogP contribution is 2.23. The van der Waals surface area contributed by atoms with Crippen molar-refractivity contribution in [2.45, 2.75) is 25.0 Å². The summed E-state index contributed by atoms with van der Waals surface area (Å²) in [6.07, 6.45) is 0.985. The Kier molecular flexibility index (Phi) is 4.68. The monoisotopic (exact) mass is 352 g/mol. The molecule has 2 aromatic heterocycles. The normalized spacial score (nSPS) is 11.3. The molecule has 8 heteroatoms. The summed E-state index contributed by atoms with van der Waals surface area (Å²) >= 11 is 7.64. The van der Waals surface area contributed by atoms with Crippen molar-refractivity contribution in [1.82, 2.24) is 19.5 Å². The van der Waals surface area contributed by atoms with E-state index in [0.29, 0.717) is 16.3 Å². The number of rotatable bonds is 5. The van der Waals surface area contributed by atoms with Crippen LogP contribution in [0.25, 0.3) is 11.2 Å². The molecule has 23 heavy (non-hydrogen) atoms. The van der Waals surface area contributed by atoms with Crippen LogP contribution in [0.3, 0.4) is 0 Å². The van der Waals surface area contributed by atoms with Crippen LogP contribution in [0.5, 0.6) is 0 Å². The Balaban J connectivity index is 2.04. The quantitative estimate of drug-likeness (QED) is 0.434. The van der Waals surface area contributed by atoms with Crippen molar-refractivity contribution >= 4 is 34.5 Å². The minimum atomic E-state index is -0.321. The fourth-order valence-electron chi connectivity index (χ4n) is 2.15. The molecule has 3 rings (SSSR count). The average molecular weight is 353 g/mol. The van der Waals surface area contributed by atoms with Crippen molar-refractivity contribution < 1.29 is 4.39 Å². The van der Waals surface area contributed by atoms with Gasteiger partial charge in [-0.15, -0.1) is 0 Å². The van der Waals surface area contributed by atoms with Gasteiger partial charge >= 0.3 is 5.69 Å². The van der Waals surface area contributed by atoms with Gasteiger partial charge in [-0.25, -0.2) is 19.2 Å². The van der Waals surface area contributed by atoms with Gasteiger partial charge in [0.2, 0.25) is 0 Å². The van der Waals surface area contributed by atoms with Crippen LogP contribution >= 0.6 is 23.4 Å². The zero-order valence-corrected chi connectivity index (χ0v) is 13.9. The molecule has 0 aliphatic carbocycles. The predicted molar refractivity (Wildman–Crippen MR) is 89.7 cm³/mol. The van der Waals surface area contributed by atoms with Gasteiger partial charge in [0.25, 0.3) is 0 Å². The lowest BCUT2D eigenvalue weighted by Gasteiger charge is -2.05. The molecule has 0 saturated heterocycles. The number of hydrogen-bond donors (Lipinski definition) is 1. The van der Waals surface area contributed by atoms with Gasteiger partial charge in [-0.1, -0.05) is 42.4 Å². The summed E-state index contributed by atoms with van der Waals surface area (Å²) in [7, 11) is 0. The van der Waals surface area contributed by atoms with Crippen LogP contribution in [0.1, 0.15) is 18.9 Å². The smallest absolute Gasteiger partial charge is 0.302 e. The SMILES string of the molecule is CCCSc1nc(Cl)c2[nH]c(=O)n(Cc3ccc(F)cc3)c2n1. The molecule has 3 aromatic rings. The van der Waals surface area contributed by atoms with Crippen LogP contribution in [0, 0.1) is 5.82 Å². The van der Waals surface area contributed by atoms with Gasteiger partial charge in [0.15, 0.2) is 16.0 Å². The molecule has 120 valence electrons. The van der Waals surface area contributed by atoms with Crippen LogP contribution in [0.15, 0.2) is 34.2 Å². The van der Waals surface area contributed by atoms with Crippen molar-refractivity contribution in [3.8, 4) is 0 Å². The lowest BCUT2D eigenvalue weighted by atomic mass is 10.2. The van der Waals surface area contributed by atoms with Crippen molar-refractivity contribution in [1.29, 1.82) is 0 Å². The summed E-state index contributed by atoms with van der Waals surface area (Å²) in [5, 5.41) is 0.764. The van der Waals surface area contributed by atoms with Gasteiger partial charge < -0.3 is 4.98 Å². The molecule has 0 aliphatic heterocycles. The highest BCUT2D eigenvalue weighted by atomic mass is 35.5. The fraction of sp³-hybridized carbons (Fsp3) is 0.267. The molecule has 0 fully saturated rings. The van der Waals surface area contributed by atoms with E-state index in [1.54, 1.807) is 12.1 Å². The molecular weight excluding hydrogens is 339 g/mol. The maximum absolute atomic E-state index is 13.0. The second kappa shape index (κ2) is 6.72. The zero-order valence-electron chi connectivity index (χ0n) is 12.3. The van der Waals surface area contributed by atoms with Crippen LogP contribution < -0.4 is 5.69 Å². The summed E-state index contributed by atoms with van der Waals surface area (Å²) in [5.41, 5.74) is 1.35.